The second kappa shape index (κ2) is 10.8. The highest BCUT2D eigenvalue weighted by molar-refractivity contribution is 6.10. The zero-order valence-corrected chi connectivity index (χ0v) is 17.1. The Morgan fingerprint density at radius 1 is 1.03 bits per heavy atom. The van der Waals surface area contributed by atoms with Gasteiger partial charge < -0.3 is 10.1 Å². The molecule has 0 atom stereocenters. The molecule has 1 aromatic heterocycles. The number of anilines is 1. The molecule has 0 unspecified atom stereocenters. The van der Waals surface area contributed by atoms with E-state index in [-0.39, 0.29) is 24.7 Å². The maximum atomic E-state index is 13.5. The average Bonchev–Trinajstić information content (AvgIpc) is 2.80. The van der Waals surface area contributed by atoms with Crippen molar-refractivity contribution in [3.63, 3.8) is 0 Å². The number of esters is 1. The maximum absolute atomic E-state index is 13.5. The molecule has 0 radical (unpaired) electrons. The van der Waals surface area contributed by atoms with Gasteiger partial charge in [-0.05, 0) is 61.0 Å². The Balaban J connectivity index is 1.79. The van der Waals surface area contributed by atoms with Crippen LogP contribution in [0.1, 0.15) is 33.2 Å². The van der Waals surface area contributed by atoms with Crippen molar-refractivity contribution in [1.82, 2.24) is 10.3 Å². The number of hydrogen-bond acceptors (Lipinski definition) is 5. The molecule has 164 valence electrons. The van der Waals surface area contributed by atoms with Gasteiger partial charge in [0.25, 0.3) is 5.91 Å². The number of ether oxygens (including phenoxy) is 1. The summed E-state index contributed by atoms with van der Waals surface area (Å²) in [6.45, 7) is 2.18. The zero-order chi connectivity index (χ0) is 22.9. The minimum absolute atomic E-state index is 0.0718. The van der Waals surface area contributed by atoms with Gasteiger partial charge in [0.05, 0.1) is 18.7 Å². The summed E-state index contributed by atoms with van der Waals surface area (Å²) in [5.74, 6) is -3.23. The lowest BCUT2D eigenvalue weighted by Crippen LogP contribution is -2.36. The molecule has 2 N–H and O–H groups in total. The molecule has 0 saturated heterocycles. The number of carbonyl (C=O) groups is 2. The number of pyridine rings is 1. The van der Waals surface area contributed by atoms with E-state index in [0.717, 1.165) is 17.7 Å². The van der Waals surface area contributed by atoms with Gasteiger partial charge in [0.1, 0.15) is 0 Å². The van der Waals surface area contributed by atoms with Crippen LogP contribution in [0.5, 0.6) is 0 Å². The minimum Gasteiger partial charge on any atom is -0.462 e. The molecule has 9 heteroatoms. The quantitative estimate of drug-likeness (QED) is 0.346. The predicted octanol–water partition coefficient (Wildman–Crippen LogP) is 3.93. The second-order valence-electron chi connectivity index (χ2n) is 6.53. The molecular formula is C23H20F2N4O3. The van der Waals surface area contributed by atoms with Crippen LogP contribution in [-0.4, -0.2) is 29.4 Å². The molecule has 0 saturated carbocycles. The molecule has 1 heterocycles. The number of aromatic nitrogens is 1. The summed E-state index contributed by atoms with van der Waals surface area (Å²) in [4.78, 5) is 32.7. The number of guanidine groups is 1. The van der Waals surface area contributed by atoms with E-state index in [0.29, 0.717) is 11.3 Å². The Kier molecular flexibility index (Phi) is 7.58. The van der Waals surface area contributed by atoms with Crippen molar-refractivity contribution in [3.8, 4) is 0 Å². The van der Waals surface area contributed by atoms with Gasteiger partial charge in [0.2, 0.25) is 5.96 Å². The van der Waals surface area contributed by atoms with Crippen LogP contribution < -0.4 is 10.6 Å². The number of nitrogens with zero attached hydrogens (tertiary/aromatic N) is 2. The summed E-state index contributed by atoms with van der Waals surface area (Å²) >= 11 is 0. The molecular weight excluding hydrogens is 418 g/mol. The Morgan fingerprint density at radius 3 is 2.44 bits per heavy atom. The van der Waals surface area contributed by atoms with Crippen molar-refractivity contribution in [1.29, 1.82) is 0 Å². The Labute approximate surface area is 183 Å². The predicted molar refractivity (Wildman–Crippen MR) is 115 cm³/mol. The van der Waals surface area contributed by atoms with Crippen molar-refractivity contribution in [2.75, 3.05) is 11.9 Å². The van der Waals surface area contributed by atoms with Crippen molar-refractivity contribution in [2.45, 2.75) is 13.5 Å². The van der Waals surface area contributed by atoms with Crippen LogP contribution in [0.3, 0.4) is 0 Å². The third kappa shape index (κ3) is 6.18. The Bertz CT molecular complexity index is 1120. The van der Waals surface area contributed by atoms with Crippen LogP contribution in [0, 0.1) is 11.6 Å². The number of nitrogens with one attached hydrogen (secondary N) is 2. The number of carbonyl (C=O) groups excluding carboxylic acids is 2. The van der Waals surface area contributed by atoms with Crippen molar-refractivity contribution >= 4 is 23.5 Å². The van der Waals surface area contributed by atoms with Crippen LogP contribution in [0.15, 0.2) is 72.0 Å². The van der Waals surface area contributed by atoms with Crippen molar-refractivity contribution in [2.24, 2.45) is 4.99 Å². The van der Waals surface area contributed by atoms with Gasteiger partial charge in [0, 0.05) is 23.6 Å². The highest BCUT2D eigenvalue weighted by Gasteiger charge is 2.13. The summed E-state index contributed by atoms with van der Waals surface area (Å²) in [6.07, 6.45) is 3.26. The standard InChI is InChI=1S/C23H20F2N4O3/c1-2-32-22(31)16-5-8-18(9-6-16)28-23(27-14-15-4-3-11-26-13-15)29-21(30)17-7-10-19(24)20(25)12-17/h3-13H,2,14H2,1H3,(H2,27,28,29,30). The van der Waals surface area contributed by atoms with Gasteiger partial charge in [-0.1, -0.05) is 6.07 Å². The van der Waals surface area contributed by atoms with E-state index < -0.39 is 23.5 Å². The summed E-state index contributed by atoms with van der Waals surface area (Å²) in [6, 6.07) is 12.8. The van der Waals surface area contributed by atoms with E-state index in [1.807, 2.05) is 6.07 Å². The highest BCUT2D eigenvalue weighted by atomic mass is 19.2. The summed E-state index contributed by atoms with van der Waals surface area (Å²) < 4.78 is 31.6. The first-order valence-electron chi connectivity index (χ1n) is 9.70. The van der Waals surface area contributed by atoms with Crippen LogP contribution >= 0.6 is 0 Å². The molecule has 0 aliphatic rings. The molecule has 0 fully saturated rings. The largest absolute Gasteiger partial charge is 0.462 e. The highest BCUT2D eigenvalue weighted by Crippen LogP contribution is 2.12. The first-order valence-corrected chi connectivity index (χ1v) is 9.70. The zero-order valence-electron chi connectivity index (χ0n) is 17.1. The number of rotatable bonds is 6. The number of hydrogen-bond donors (Lipinski definition) is 2. The number of aliphatic imine (C=N–C) groups is 1. The normalized spacial score (nSPS) is 11.0. The molecule has 0 spiro atoms. The topological polar surface area (TPSA) is 92.7 Å². The molecule has 0 aliphatic carbocycles. The van der Waals surface area contributed by atoms with Crippen LogP contribution in [0.2, 0.25) is 0 Å². The van der Waals surface area contributed by atoms with Crippen molar-refractivity contribution in [3.05, 3.63) is 95.3 Å². The van der Waals surface area contributed by atoms with E-state index in [1.54, 1.807) is 49.6 Å². The Morgan fingerprint density at radius 2 is 1.78 bits per heavy atom. The van der Waals surface area contributed by atoms with Crippen molar-refractivity contribution < 1.29 is 23.1 Å². The lowest BCUT2D eigenvalue weighted by Gasteiger charge is -2.12. The lowest BCUT2D eigenvalue weighted by atomic mass is 10.2. The van der Waals surface area contributed by atoms with Gasteiger partial charge in [-0.15, -0.1) is 0 Å². The fourth-order valence-electron chi connectivity index (χ4n) is 2.63. The van der Waals surface area contributed by atoms with Crippen LogP contribution in [0.4, 0.5) is 14.5 Å². The summed E-state index contributed by atoms with van der Waals surface area (Å²) in [5, 5.41) is 5.51. The second-order valence-corrected chi connectivity index (χ2v) is 6.53. The van der Waals surface area contributed by atoms with E-state index in [4.69, 9.17) is 4.74 Å². The van der Waals surface area contributed by atoms with Gasteiger partial charge in [-0.25, -0.2) is 18.6 Å². The van der Waals surface area contributed by atoms with Gasteiger partial charge in [-0.2, -0.15) is 0 Å². The molecule has 3 aromatic rings. The summed E-state index contributed by atoms with van der Waals surface area (Å²) in [7, 11) is 0. The monoisotopic (exact) mass is 438 g/mol. The van der Waals surface area contributed by atoms with E-state index >= 15 is 0 Å². The van der Waals surface area contributed by atoms with Crippen LogP contribution in [0.25, 0.3) is 0 Å². The fraction of sp³-hybridized carbons (Fsp3) is 0.130. The van der Waals surface area contributed by atoms with E-state index in [2.05, 4.69) is 20.6 Å². The van der Waals surface area contributed by atoms with E-state index in [1.165, 1.54) is 6.07 Å². The molecule has 0 aliphatic heterocycles. The Hall–Kier alpha value is -4.14. The lowest BCUT2D eigenvalue weighted by molar-refractivity contribution is 0.0526. The minimum atomic E-state index is -1.13. The molecule has 32 heavy (non-hydrogen) atoms. The van der Waals surface area contributed by atoms with Gasteiger partial charge >= 0.3 is 5.97 Å². The average molecular weight is 438 g/mol. The molecule has 2 aromatic carbocycles. The molecule has 1 amide bonds. The van der Waals surface area contributed by atoms with Gasteiger partial charge in [0.15, 0.2) is 11.6 Å². The maximum Gasteiger partial charge on any atom is 0.338 e. The SMILES string of the molecule is CCOC(=O)c1ccc(NC(=NCc2cccnc2)NC(=O)c2ccc(F)c(F)c2)cc1. The third-order valence-corrected chi connectivity index (χ3v) is 4.22. The number of halogens is 2. The number of amides is 1. The third-order valence-electron chi connectivity index (χ3n) is 4.22. The van der Waals surface area contributed by atoms with Crippen LogP contribution in [-0.2, 0) is 11.3 Å². The molecule has 0 bridgehead atoms. The van der Waals surface area contributed by atoms with E-state index in [9.17, 15) is 18.4 Å². The van der Waals surface area contributed by atoms with Gasteiger partial charge in [-0.3, -0.25) is 15.1 Å². The molecule has 7 nitrogen and oxygen atoms in total. The fourth-order valence-corrected chi connectivity index (χ4v) is 2.63. The first-order chi connectivity index (χ1) is 15.5. The smallest absolute Gasteiger partial charge is 0.338 e. The molecule has 3 rings (SSSR count). The number of benzene rings is 2. The first kappa shape index (κ1) is 22.5. The summed E-state index contributed by atoms with van der Waals surface area (Å²) in [5.41, 5.74) is 1.63.